The van der Waals surface area contributed by atoms with E-state index >= 15 is 0 Å². The van der Waals surface area contributed by atoms with Crippen molar-refractivity contribution in [1.29, 1.82) is 0 Å². The largest absolute Gasteiger partial charge is 0.341 e. The number of nitrogens with zero attached hydrogens (tertiary/aromatic N) is 2. The zero-order valence-corrected chi connectivity index (χ0v) is 16.3. The van der Waals surface area contributed by atoms with Crippen molar-refractivity contribution in [3.8, 4) is 0 Å². The van der Waals surface area contributed by atoms with Gasteiger partial charge in [-0.1, -0.05) is 30.3 Å². The summed E-state index contributed by atoms with van der Waals surface area (Å²) in [5, 5.41) is 0. The maximum absolute atomic E-state index is 12.9. The van der Waals surface area contributed by atoms with Crippen LogP contribution in [-0.2, 0) is 16.0 Å². The minimum absolute atomic E-state index is 0. The number of likely N-dealkylation sites (tertiary alicyclic amines) is 2. The average molecular weight is 380 g/mol. The highest BCUT2D eigenvalue weighted by Gasteiger charge is 2.37. The number of rotatable bonds is 4. The number of carbonyl (C=O) groups excluding carboxylic acids is 2. The predicted molar refractivity (Wildman–Crippen MR) is 105 cm³/mol. The van der Waals surface area contributed by atoms with Gasteiger partial charge in [-0.2, -0.15) is 0 Å². The van der Waals surface area contributed by atoms with Gasteiger partial charge in [-0.05, 0) is 44.1 Å². The third-order valence-corrected chi connectivity index (χ3v) is 5.65. The van der Waals surface area contributed by atoms with Crippen molar-refractivity contribution in [2.24, 2.45) is 11.7 Å². The molecule has 2 amide bonds. The lowest BCUT2D eigenvalue weighted by Gasteiger charge is -2.36. The van der Waals surface area contributed by atoms with E-state index in [-0.39, 0.29) is 36.3 Å². The number of carbonyl (C=O) groups is 2. The zero-order chi connectivity index (χ0) is 17.8. The van der Waals surface area contributed by atoms with Gasteiger partial charge >= 0.3 is 0 Å². The van der Waals surface area contributed by atoms with Crippen LogP contribution in [0, 0.1) is 5.92 Å². The molecular weight excluding hydrogens is 350 g/mol. The Morgan fingerprint density at radius 1 is 1.12 bits per heavy atom. The molecule has 0 spiro atoms. The monoisotopic (exact) mass is 379 g/mol. The van der Waals surface area contributed by atoms with Crippen molar-refractivity contribution < 1.29 is 9.59 Å². The molecule has 3 rings (SSSR count). The van der Waals surface area contributed by atoms with Gasteiger partial charge in [0.05, 0.1) is 6.42 Å². The second-order valence-electron chi connectivity index (χ2n) is 7.43. The van der Waals surface area contributed by atoms with E-state index in [9.17, 15) is 9.59 Å². The molecule has 2 aliphatic heterocycles. The quantitative estimate of drug-likeness (QED) is 0.872. The fourth-order valence-corrected chi connectivity index (χ4v) is 4.05. The first-order chi connectivity index (χ1) is 12.1. The number of halogens is 1. The Kier molecular flexibility index (Phi) is 7.47. The summed E-state index contributed by atoms with van der Waals surface area (Å²) in [6.45, 7) is 4.27. The van der Waals surface area contributed by atoms with Gasteiger partial charge < -0.3 is 15.5 Å². The van der Waals surface area contributed by atoms with Gasteiger partial charge in [-0.25, -0.2) is 0 Å². The Labute approximate surface area is 162 Å². The molecule has 2 aliphatic rings. The highest BCUT2D eigenvalue weighted by atomic mass is 35.5. The maximum atomic E-state index is 12.9. The summed E-state index contributed by atoms with van der Waals surface area (Å²) in [4.78, 5) is 29.4. The summed E-state index contributed by atoms with van der Waals surface area (Å²) in [6.07, 6.45) is 4.00. The van der Waals surface area contributed by atoms with Gasteiger partial charge in [0.1, 0.15) is 6.04 Å². The normalized spacial score (nSPS) is 22.0. The maximum Gasteiger partial charge on any atom is 0.245 e. The molecule has 2 unspecified atom stereocenters. The highest BCUT2D eigenvalue weighted by Crippen LogP contribution is 2.25. The average Bonchev–Trinajstić information content (AvgIpc) is 3.12. The molecule has 0 aromatic heterocycles. The standard InChI is InChI=1S/C20H29N3O2.ClH/c1-15(21)17-9-12-22(13-10-17)20(25)18-8-5-11-23(18)19(24)14-16-6-3-2-4-7-16;/h2-4,6-7,15,17-18H,5,8-14,21H2,1H3;1H. The number of benzene rings is 1. The van der Waals surface area contributed by atoms with E-state index in [2.05, 4.69) is 0 Å². The second kappa shape index (κ2) is 9.38. The van der Waals surface area contributed by atoms with Crippen LogP contribution in [0.4, 0.5) is 0 Å². The van der Waals surface area contributed by atoms with Gasteiger partial charge in [0.2, 0.25) is 11.8 Å². The zero-order valence-electron chi connectivity index (χ0n) is 15.5. The van der Waals surface area contributed by atoms with Crippen LogP contribution in [0.15, 0.2) is 30.3 Å². The molecule has 2 heterocycles. The van der Waals surface area contributed by atoms with Gasteiger partial charge in [0, 0.05) is 25.7 Å². The third-order valence-electron chi connectivity index (χ3n) is 5.65. The Balaban J connectivity index is 0.00000243. The molecule has 0 aliphatic carbocycles. The number of amides is 2. The van der Waals surface area contributed by atoms with E-state index in [0.29, 0.717) is 18.9 Å². The van der Waals surface area contributed by atoms with Crippen LogP contribution in [0.3, 0.4) is 0 Å². The third kappa shape index (κ3) is 4.77. The van der Waals surface area contributed by atoms with Gasteiger partial charge in [-0.15, -0.1) is 12.4 Å². The molecule has 1 aromatic carbocycles. The van der Waals surface area contributed by atoms with Crippen LogP contribution < -0.4 is 5.73 Å². The molecular formula is C20H30ClN3O2. The van der Waals surface area contributed by atoms with Crippen LogP contribution in [0.2, 0.25) is 0 Å². The molecule has 26 heavy (non-hydrogen) atoms. The van der Waals surface area contributed by atoms with Crippen molar-refractivity contribution in [2.45, 2.75) is 51.1 Å². The van der Waals surface area contributed by atoms with Crippen LogP contribution in [-0.4, -0.2) is 53.3 Å². The minimum atomic E-state index is -0.275. The van der Waals surface area contributed by atoms with Crippen molar-refractivity contribution in [2.75, 3.05) is 19.6 Å². The van der Waals surface area contributed by atoms with Crippen molar-refractivity contribution in [3.05, 3.63) is 35.9 Å². The van der Waals surface area contributed by atoms with E-state index < -0.39 is 0 Å². The number of hydrogen-bond acceptors (Lipinski definition) is 3. The van der Waals surface area contributed by atoms with E-state index in [1.807, 2.05) is 42.2 Å². The van der Waals surface area contributed by atoms with Crippen molar-refractivity contribution in [1.82, 2.24) is 9.80 Å². The molecule has 2 atom stereocenters. The van der Waals surface area contributed by atoms with Gasteiger partial charge in [0.15, 0.2) is 0 Å². The molecule has 2 saturated heterocycles. The Hall–Kier alpha value is -1.59. The van der Waals surface area contributed by atoms with Gasteiger partial charge in [-0.3, -0.25) is 9.59 Å². The lowest BCUT2D eigenvalue weighted by atomic mass is 9.90. The summed E-state index contributed by atoms with van der Waals surface area (Å²) in [5.41, 5.74) is 6.99. The first-order valence-corrected chi connectivity index (χ1v) is 9.44. The molecule has 0 bridgehead atoms. The van der Waals surface area contributed by atoms with Crippen LogP contribution >= 0.6 is 12.4 Å². The van der Waals surface area contributed by atoms with Crippen LogP contribution in [0.25, 0.3) is 0 Å². The first kappa shape index (κ1) is 20.7. The van der Waals surface area contributed by atoms with E-state index in [1.165, 1.54) is 0 Å². The summed E-state index contributed by atoms with van der Waals surface area (Å²) >= 11 is 0. The van der Waals surface area contributed by atoms with E-state index in [4.69, 9.17) is 5.73 Å². The Bertz CT molecular complexity index is 600. The lowest BCUT2D eigenvalue weighted by molar-refractivity contribution is -0.144. The smallest absolute Gasteiger partial charge is 0.245 e. The Morgan fingerprint density at radius 2 is 1.77 bits per heavy atom. The molecule has 0 radical (unpaired) electrons. The lowest BCUT2D eigenvalue weighted by Crippen LogP contribution is -2.51. The number of piperidine rings is 1. The molecule has 2 fully saturated rings. The van der Waals surface area contributed by atoms with Crippen LogP contribution in [0.1, 0.15) is 38.2 Å². The predicted octanol–water partition coefficient (Wildman–Crippen LogP) is 2.23. The van der Waals surface area contributed by atoms with Crippen LogP contribution in [0.5, 0.6) is 0 Å². The van der Waals surface area contributed by atoms with Crippen molar-refractivity contribution >= 4 is 24.2 Å². The number of hydrogen-bond donors (Lipinski definition) is 1. The molecule has 0 saturated carbocycles. The summed E-state index contributed by atoms with van der Waals surface area (Å²) in [7, 11) is 0. The highest BCUT2D eigenvalue weighted by molar-refractivity contribution is 5.89. The second-order valence-corrected chi connectivity index (χ2v) is 7.43. The Morgan fingerprint density at radius 3 is 2.38 bits per heavy atom. The minimum Gasteiger partial charge on any atom is -0.341 e. The topological polar surface area (TPSA) is 66.6 Å². The molecule has 5 nitrogen and oxygen atoms in total. The van der Waals surface area contributed by atoms with Crippen molar-refractivity contribution in [3.63, 3.8) is 0 Å². The fraction of sp³-hybridized carbons (Fsp3) is 0.600. The summed E-state index contributed by atoms with van der Waals surface area (Å²) < 4.78 is 0. The molecule has 1 aromatic rings. The van der Waals surface area contributed by atoms with E-state index in [1.54, 1.807) is 4.90 Å². The van der Waals surface area contributed by atoms with E-state index in [0.717, 1.165) is 44.3 Å². The molecule has 6 heteroatoms. The first-order valence-electron chi connectivity index (χ1n) is 9.44. The SMILES string of the molecule is CC(N)C1CCN(C(=O)C2CCCN2C(=O)Cc2ccccc2)CC1.Cl. The summed E-state index contributed by atoms with van der Waals surface area (Å²) in [6, 6.07) is 9.67. The fourth-order valence-electron chi connectivity index (χ4n) is 4.05. The van der Waals surface area contributed by atoms with Gasteiger partial charge in [0.25, 0.3) is 0 Å². The molecule has 144 valence electrons. The molecule has 2 N–H and O–H groups in total. The number of nitrogens with two attached hydrogens (primary N) is 1. The summed E-state index contributed by atoms with van der Waals surface area (Å²) in [5.74, 6) is 0.693.